The van der Waals surface area contributed by atoms with E-state index in [1.165, 1.54) is 18.9 Å². The highest BCUT2D eigenvalue weighted by Gasteiger charge is 2.16. The minimum atomic E-state index is 0.222. The highest BCUT2D eigenvalue weighted by molar-refractivity contribution is 14.1. The normalized spacial score (nSPS) is 12.7. The fourth-order valence-corrected chi connectivity index (χ4v) is 3.63. The van der Waals surface area contributed by atoms with Crippen molar-refractivity contribution in [1.82, 2.24) is 5.32 Å². The molecule has 0 amide bonds. The van der Waals surface area contributed by atoms with Crippen molar-refractivity contribution in [1.29, 1.82) is 0 Å². The van der Waals surface area contributed by atoms with Gasteiger partial charge in [0.25, 0.3) is 0 Å². The van der Waals surface area contributed by atoms with E-state index in [4.69, 9.17) is 11.6 Å². The summed E-state index contributed by atoms with van der Waals surface area (Å²) < 4.78 is 1.23. The van der Waals surface area contributed by atoms with Crippen LogP contribution in [-0.4, -0.2) is 7.05 Å². The van der Waals surface area contributed by atoms with Crippen LogP contribution in [0.3, 0.4) is 0 Å². The van der Waals surface area contributed by atoms with Gasteiger partial charge in [-0.2, -0.15) is 0 Å². The Kier molecular flexibility index (Phi) is 4.47. The van der Waals surface area contributed by atoms with Gasteiger partial charge in [-0.05, 0) is 72.5 Å². The average molecular weight is 378 g/mol. The molecule has 0 aliphatic rings. The molecule has 0 saturated carbocycles. The Hall–Kier alpha value is -0.100. The standard InChI is InChI=1S/C13H13ClINS/c1-8-3-6-12(17-8)13(16-2)10-7-9(14)4-5-11(10)15/h3-7,13,16H,1-2H3. The molecule has 0 aliphatic heterocycles. The van der Waals surface area contributed by atoms with Gasteiger partial charge in [0, 0.05) is 18.3 Å². The van der Waals surface area contributed by atoms with Gasteiger partial charge in [0.15, 0.2) is 0 Å². The third-order valence-electron chi connectivity index (χ3n) is 2.60. The zero-order valence-corrected chi connectivity index (χ0v) is 13.4. The van der Waals surface area contributed by atoms with E-state index in [1.807, 2.05) is 30.5 Å². The van der Waals surface area contributed by atoms with E-state index in [2.05, 4.69) is 53.0 Å². The molecular formula is C13H13ClINS. The summed E-state index contributed by atoms with van der Waals surface area (Å²) in [6, 6.07) is 10.6. The summed E-state index contributed by atoms with van der Waals surface area (Å²) in [7, 11) is 1.98. The average Bonchev–Trinajstić information content (AvgIpc) is 2.71. The number of benzene rings is 1. The molecule has 4 heteroatoms. The SMILES string of the molecule is CNC(c1ccc(C)s1)c1cc(Cl)ccc1I. The highest BCUT2D eigenvalue weighted by Crippen LogP contribution is 2.32. The van der Waals surface area contributed by atoms with Crippen LogP contribution in [0.25, 0.3) is 0 Å². The van der Waals surface area contributed by atoms with E-state index in [9.17, 15) is 0 Å². The van der Waals surface area contributed by atoms with Crippen molar-refractivity contribution in [2.75, 3.05) is 7.05 Å². The summed E-state index contributed by atoms with van der Waals surface area (Å²) in [5, 5.41) is 4.15. The molecule has 1 heterocycles. The molecule has 90 valence electrons. The number of nitrogens with one attached hydrogen (secondary N) is 1. The first-order chi connectivity index (χ1) is 8.11. The van der Waals surface area contributed by atoms with Crippen LogP contribution in [0.5, 0.6) is 0 Å². The van der Waals surface area contributed by atoms with Gasteiger partial charge >= 0.3 is 0 Å². The van der Waals surface area contributed by atoms with Gasteiger partial charge in [-0.15, -0.1) is 11.3 Å². The van der Waals surface area contributed by atoms with E-state index >= 15 is 0 Å². The topological polar surface area (TPSA) is 12.0 Å². The first kappa shape index (κ1) is 13.3. The third kappa shape index (κ3) is 3.02. The number of thiophene rings is 1. The fraction of sp³-hybridized carbons (Fsp3) is 0.231. The Bertz CT molecular complexity index is 524. The summed E-state index contributed by atoms with van der Waals surface area (Å²) in [5.41, 5.74) is 1.24. The molecule has 0 aliphatic carbocycles. The summed E-state index contributed by atoms with van der Waals surface area (Å²) in [6.07, 6.45) is 0. The first-order valence-corrected chi connectivity index (χ1v) is 7.57. The minimum Gasteiger partial charge on any atom is -0.309 e. The lowest BCUT2D eigenvalue weighted by Gasteiger charge is -2.17. The van der Waals surface area contributed by atoms with Gasteiger partial charge in [-0.1, -0.05) is 11.6 Å². The lowest BCUT2D eigenvalue weighted by molar-refractivity contribution is 0.700. The predicted octanol–water partition coefficient (Wildman–Crippen LogP) is 4.62. The van der Waals surface area contributed by atoms with Crippen LogP contribution in [0.1, 0.15) is 21.4 Å². The number of aryl methyl sites for hydroxylation is 1. The van der Waals surface area contributed by atoms with Crippen molar-refractivity contribution < 1.29 is 0 Å². The Balaban J connectivity index is 2.45. The third-order valence-corrected chi connectivity index (χ3v) is 4.89. The van der Waals surface area contributed by atoms with Crippen LogP contribution in [0.2, 0.25) is 5.02 Å². The van der Waals surface area contributed by atoms with E-state index in [0.29, 0.717) is 0 Å². The van der Waals surface area contributed by atoms with Crippen molar-refractivity contribution in [3.8, 4) is 0 Å². The van der Waals surface area contributed by atoms with Crippen LogP contribution in [0.4, 0.5) is 0 Å². The van der Waals surface area contributed by atoms with Gasteiger partial charge in [-0.3, -0.25) is 0 Å². The quantitative estimate of drug-likeness (QED) is 0.769. The number of hydrogen-bond acceptors (Lipinski definition) is 2. The van der Waals surface area contributed by atoms with E-state index in [1.54, 1.807) is 0 Å². The molecule has 0 fully saturated rings. The zero-order chi connectivity index (χ0) is 12.4. The molecule has 17 heavy (non-hydrogen) atoms. The number of hydrogen-bond donors (Lipinski definition) is 1. The zero-order valence-electron chi connectivity index (χ0n) is 9.63. The van der Waals surface area contributed by atoms with Crippen molar-refractivity contribution in [2.45, 2.75) is 13.0 Å². The Morgan fingerprint density at radius 3 is 2.65 bits per heavy atom. The molecule has 2 rings (SSSR count). The molecule has 1 N–H and O–H groups in total. The lowest BCUT2D eigenvalue weighted by atomic mass is 10.1. The molecule has 2 aromatic rings. The Morgan fingerprint density at radius 2 is 2.06 bits per heavy atom. The van der Waals surface area contributed by atoms with Crippen molar-refractivity contribution in [2.24, 2.45) is 0 Å². The van der Waals surface area contributed by atoms with Gasteiger partial charge in [0.05, 0.1) is 6.04 Å². The van der Waals surface area contributed by atoms with Crippen molar-refractivity contribution >= 4 is 45.5 Å². The predicted molar refractivity (Wildman–Crippen MR) is 84.1 cm³/mol. The molecule has 1 aromatic carbocycles. The van der Waals surface area contributed by atoms with E-state index in [0.717, 1.165) is 5.02 Å². The summed E-state index contributed by atoms with van der Waals surface area (Å²) >= 11 is 10.3. The van der Waals surface area contributed by atoms with Gasteiger partial charge in [0.2, 0.25) is 0 Å². The van der Waals surface area contributed by atoms with Crippen LogP contribution in [0.15, 0.2) is 30.3 Å². The van der Waals surface area contributed by atoms with Crippen LogP contribution in [-0.2, 0) is 0 Å². The Labute approximate surface area is 124 Å². The molecule has 0 spiro atoms. The number of halogens is 2. The van der Waals surface area contributed by atoms with Crippen LogP contribution >= 0.6 is 45.5 Å². The second kappa shape index (κ2) is 5.69. The maximum Gasteiger partial charge on any atom is 0.0679 e. The maximum absolute atomic E-state index is 6.08. The summed E-state index contributed by atoms with van der Waals surface area (Å²) in [5.74, 6) is 0. The van der Waals surface area contributed by atoms with E-state index in [-0.39, 0.29) is 6.04 Å². The fourth-order valence-electron chi connectivity index (χ4n) is 1.80. The largest absolute Gasteiger partial charge is 0.309 e. The van der Waals surface area contributed by atoms with Crippen LogP contribution < -0.4 is 5.32 Å². The summed E-state index contributed by atoms with van der Waals surface area (Å²) in [6.45, 7) is 2.13. The molecule has 0 radical (unpaired) electrons. The van der Waals surface area contributed by atoms with Crippen LogP contribution in [0, 0.1) is 10.5 Å². The van der Waals surface area contributed by atoms with Gasteiger partial charge in [0.1, 0.15) is 0 Å². The monoisotopic (exact) mass is 377 g/mol. The van der Waals surface area contributed by atoms with Crippen molar-refractivity contribution in [3.05, 3.63) is 54.2 Å². The molecule has 1 unspecified atom stereocenters. The first-order valence-electron chi connectivity index (χ1n) is 5.30. The molecule has 1 atom stereocenters. The van der Waals surface area contributed by atoms with E-state index < -0.39 is 0 Å². The minimum absolute atomic E-state index is 0.222. The number of rotatable bonds is 3. The smallest absolute Gasteiger partial charge is 0.0679 e. The summed E-state index contributed by atoms with van der Waals surface area (Å²) in [4.78, 5) is 2.66. The maximum atomic E-state index is 6.08. The molecule has 1 aromatic heterocycles. The molecule has 1 nitrogen and oxygen atoms in total. The highest BCUT2D eigenvalue weighted by atomic mass is 127. The second-order valence-corrected chi connectivity index (χ2v) is 6.75. The lowest BCUT2D eigenvalue weighted by Crippen LogP contribution is -2.17. The Morgan fingerprint density at radius 1 is 1.29 bits per heavy atom. The molecular weight excluding hydrogens is 365 g/mol. The second-order valence-electron chi connectivity index (χ2n) is 3.84. The van der Waals surface area contributed by atoms with Gasteiger partial charge in [-0.25, -0.2) is 0 Å². The molecule has 0 saturated heterocycles. The van der Waals surface area contributed by atoms with Gasteiger partial charge < -0.3 is 5.32 Å². The van der Waals surface area contributed by atoms with Crippen molar-refractivity contribution in [3.63, 3.8) is 0 Å². The molecule has 0 bridgehead atoms.